The maximum Gasteiger partial charge on any atom is 0.416 e. The summed E-state index contributed by atoms with van der Waals surface area (Å²) in [5, 5.41) is 2.59. The number of benzene rings is 1. The van der Waals surface area contributed by atoms with Gasteiger partial charge in [0.25, 0.3) is 0 Å². The molecule has 1 aromatic rings. The van der Waals surface area contributed by atoms with Gasteiger partial charge in [-0.25, -0.2) is 9.69 Å². The van der Waals surface area contributed by atoms with Crippen molar-refractivity contribution >= 4 is 17.6 Å². The summed E-state index contributed by atoms with van der Waals surface area (Å²) in [7, 11) is 0. The third-order valence-corrected chi connectivity index (χ3v) is 3.79. The van der Waals surface area contributed by atoms with Crippen LogP contribution in [0.4, 0.5) is 23.7 Å². The third-order valence-electron chi connectivity index (χ3n) is 3.79. The number of alkyl halides is 3. The lowest BCUT2D eigenvalue weighted by atomic mass is 9.84. The number of hydrogen-bond acceptors (Lipinski definition) is 2. The highest BCUT2D eigenvalue weighted by Crippen LogP contribution is 2.33. The molecule has 1 aliphatic rings. The SMILES string of the molecule is CCC1(C)CNC(=O)N(c2ccc(C(F)(F)F)cc2)C1=O. The quantitative estimate of drug-likeness (QED) is 0.912. The standard InChI is InChI=1S/C14H15F3N2O2/c1-3-13(2)8-18-12(21)19(11(13)20)10-6-4-9(5-7-10)14(15,16)17/h4-7H,3,8H2,1-2H3,(H,18,21). The Balaban J connectivity index is 2.35. The second-order valence-corrected chi connectivity index (χ2v) is 5.26. The first-order valence-corrected chi connectivity index (χ1v) is 6.49. The van der Waals surface area contributed by atoms with Crippen molar-refractivity contribution in [2.45, 2.75) is 26.4 Å². The molecule has 0 aliphatic carbocycles. The number of nitrogens with zero attached hydrogens (tertiary/aromatic N) is 1. The minimum atomic E-state index is -4.45. The van der Waals surface area contributed by atoms with E-state index in [1.54, 1.807) is 6.92 Å². The molecule has 1 unspecified atom stereocenters. The van der Waals surface area contributed by atoms with E-state index in [0.29, 0.717) is 6.42 Å². The minimum Gasteiger partial charge on any atom is -0.336 e. The van der Waals surface area contributed by atoms with Gasteiger partial charge >= 0.3 is 12.2 Å². The zero-order valence-corrected chi connectivity index (χ0v) is 11.6. The van der Waals surface area contributed by atoms with E-state index in [2.05, 4.69) is 5.32 Å². The Morgan fingerprint density at radius 3 is 2.29 bits per heavy atom. The second-order valence-electron chi connectivity index (χ2n) is 5.26. The molecule has 2 rings (SSSR count). The molecule has 1 atom stereocenters. The van der Waals surface area contributed by atoms with Crippen LogP contribution in [-0.2, 0) is 11.0 Å². The molecule has 0 radical (unpaired) electrons. The molecule has 0 saturated carbocycles. The van der Waals surface area contributed by atoms with Gasteiger partial charge in [-0.05, 0) is 37.6 Å². The van der Waals surface area contributed by atoms with E-state index >= 15 is 0 Å². The highest BCUT2D eigenvalue weighted by atomic mass is 19.4. The number of amides is 3. The van der Waals surface area contributed by atoms with Crippen LogP contribution >= 0.6 is 0 Å². The van der Waals surface area contributed by atoms with Gasteiger partial charge in [-0.2, -0.15) is 13.2 Å². The fourth-order valence-electron chi connectivity index (χ4n) is 2.10. The van der Waals surface area contributed by atoms with Crippen LogP contribution in [-0.4, -0.2) is 18.5 Å². The summed E-state index contributed by atoms with van der Waals surface area (Å²) in [6.45, 7) is 3.75. The van der Waals surface area contributed by atoms with Crippen LogP contribution in [0.25, 0.3) is 0 Å². The maximum absolute atomic E-state index is 12.5. The van der Waals surface area contributed by atoms with Crippen LogP contribution in [0.15, 0.2) is 24.3 Å². The molecule has 3 amide bonds. The molecule has 1 aliphatic heterocycles. The Bertz CT molecular complexity index is 569. The molecule has 1 fully saturated rings. The molecule has 1 N–H and O–H groups in total. The Kier molecular flexibility index (Phi) is 3.69. The zero-order valence-electron chi connectivity index (χ0n) is 11.6. The van der Waals surface area contributed by atoms with Gasteiger partial charge in [0.15, 0.2) is 0 Å². The number of imide groups is 1. The van der Waals surface area contributed by atoms with Crippen LogP contribution in [0.5, 0.6) is 0 Å². The topological polar surface area (TPSA) is 49.4 Å². The summed E-state index contributed by atoms with van der Waals surface area (Å²) in [6.07, 6.45) is -3.94. The number of nitrogens with one attached hydrogen (secondary N) is 1. The van der Waals surface area contributed by atoms with Crippen molar-refractivity contribution in [3.8, 4) is 0 Å². The predicted molar refractivity (Wildman–Crippen MR) is 70.7 cm³/mol. The van der Waals surface area contributed by atoms with E-state index in [4.69, 9.17) is 0 Å². The predicted octanol–water partition coefficient (Wildman–Crippen LogP) is 3.18. The summed E-state index contributed by atoms with van der Waals surface area (Å²) in [5.74, 6) is -0.409. The molecule has 0 aromatic heterocycles. The van der Waals surface area contributed by atoms with Gasteiger partial charge in [-0.1, -0.05) is 6.92 Å². The van der Waals surface area contributed by atoms with E-state index in [0.717, 1.165) is 29.2 Å². The summed E-state index contributed by atoms with van der Waals surface area (Å²) in [6, 6.07) is 3.34. The van der Waals surface area contributed by atoms with E-state index in [9.17, 15) is 22.8 Å². The first kappa shape index (κ1) is 15.3. The molecule has 1 aromatic carbocycles. The van der Waals surface area contributed by atoms with E-state index in [-0.39, 0.29) is 12.2 Å². The molecule has 4 nitrogen and oxygen atoms in total. The first-order valence-electron chi connectivity index (χ1n) is 6.49. The number of anilines is 1. The Morgan fingerprint density at radius 2 is 1.81 bits per heavy atom. The Morgan fingerprint density at radius 1 is 1.24 bits per heavy atom. The lowest BCUT2D eigenvalue weighted by Gasteiger charge is -2.38. The number of hydrogen-bond donors (Lipinski definition) is 1. The van der Waals surface area contributed by atoms with Crippen LogP contribution < -0.4 is 10.2 Å². The molecule has 0 spiro atoms. The van der Waals surface area contributed by atoms with Crippen molar-refractivity contribution in [3.05, 3.63) is 29.8 Å². The van der Waals surface area contributed by atoms with Crippen molar-refractivity contribution in [2.75, 3.05) is 11.4 Å². The molecule has 21 heavy (non-hydrogen) atoms. The molecule has 1 saturated heterocycles. The van der Waals surface area contributed by atoms with Crippen LogP contribution in [0.3, 0.4) is 0 Å². The lowest BCUT2D eigenvalue weighted by molar-refractivity contribution is -0.137. The van der Waals surface area contributed by atoms with Crippen LogP contribution in [0.1, 0.15) is 25.8 Å². The number of carbonyl (C=O) groups is 2. The lowest BCUT2D eigenvalue weighted by Crippen LogP contribution is -2.59. The van der Waals surface area contributed by atoms with Gasteiger partial charge in [0.05, 0.1) is 16.7 Å². The van der Waals surface area contributed by atoms with Gasteiger partial charge < -0.3 is 5.32 Å². The molecule has 0 bridgehead atoms. The van der Waals surface area contributed by atoms with Crippen molar-refractivity contribution in [3.63, 3.8) is 0 Å². The second kappa shape index (κ2) is 5.05. The molecule has 114 valence electrons. The third kappa shape index (κ3) is 2.72. The van der Waals surface area contributed by atoms with Crippen molar-refractivity contribution in [1.29, 1.82) is 0 Å². The van der Waals surface area contributed by atoms with Gasteiger partial charge in [-0.15, -0.1) is 0 Å². The molecular weight excluding hydrogens is 285 g/mol. The van der Waals surface area contributed by atoms with Crippen molar-refractivity contribution < 1.29 is 22.8 Å². The maximum atomic E-state index is 12.5. The minimum absolute atomic E-state index is 0.130. The van der Waals surface area contributed by atoms with E-state index in [1.165, 1.54) is 0 Å². The largest absolute Gasteiger partial charge is 0.416 e. The van der Waals surface area contributed by atoms with Gasteiger partial charge in [0.1, 0.15) is 0 Å². The highest BCUT2D eigenvalue weighted by molar-refractivity contribution is 6.17. The summed E-state index contributed by atoms with van der Waals surface area (Å²) < 4.78 is 37.6. The smallest absolute Gasteiger partial charge is 0.336 e. The number of rotatable bonds is 2. The average Bonchev–Trinajstić information content (AvgIpc) is 2.43. The molecular formula is C14H15F3N2O2. The average molecular weight is 300 g/mol. The van der Waals surface area contributed by atoms with E-state index in [1.807, 2.05) is 6.92 Å². The summed E-state index contributed by atoms with van der Waals surface area (Å²) >= 11 is 0. The summed E-state index contributed by atoms with van der Waals surface area (Å²) in [5.41, 5.74) is -1.45. The number of urea groups is 1. The van der Waals surface area contributed by atoms with E-state index < -0.39 is 29.1 Å². The molecule has 7 heteroatoms. The molecule has 1 heterocycles. The zero-order chi connectivity index (χ0) is 15.8. The highest BCUT2D eigenvalue weighted by Gasteiger charge is 2.43. The van der Waals surface area contributed by atoms with Crippen LogP contribution in [0, 0.1) is 5.41 Å². The normalized spacial score (nSPS) is 23.2. The first-order chi connectivity index (χ1) is 9.69. The fraction of sp³-hybridized carbons (Fsp3) is 0.429. The van der Waals surface area contributed by atoms with Crippen LogP contribution in [0.2, 0.25) is 0 Å². The monoisotopic (exact) mass is 300 g/mol. The van der Waals surface area contributed by atoms with Crippen molar-refractivity contribution in [1.82, 2.24) is 5.32 Å². The number of carbonyl (C=O) groups excluding carboxylic acids is 2. The number of halogens is 3. The van der Waals surface area contributed by atoms with Gasteiger partial charge in [0, 0.05) is 6.54 Å². The Hall–Kier alpha value is -2.05. The van der Waals surface area contributed by atoms with Crippen molar-refractivity contribution in [2.24, 2.45) is 5.41 Å². The fourth-order valence-corrected chi connectivity index (χ4v) is 2.10. The van der Waals surface area contributed by atoms with Gasteiger partial charge in [-0.3, -0.25) is 4.79 Å². The Labute approximate surface area is 119 Å². The summed E-state index contributed by atoms with van der Waals surface area (Å²) in [4.78, 5) is 25.2. The van der Waals surface area contributed by atoms with Gasteiger partial charge in [0.2, 0.25) is 5.91 Å².